The van der Waals surface area contributed by atoms with Gasteiger partial charge in [0.1, 0.15) is 24.7 Å². The van der Waals surface area contributed by atoms with Gasteiger partial charge in [-0.05, 0) is 54.8 Å². The van der Waals surface area contributed by atoms with Gasteiger partial charge >= 0.3 is 6.18 Å². The number of aromatic nitrogens is 4. The third kappa shape index (κ3) is 6.86. The highest BCUT2D eigenvalue weighted by Gasteiger charge is 2.54. The predicted molar refractivity (Wildman–Crippen MR) is 165 cm³/mol. The average molecular weight is 672 g/mol. The Balaban J connectivity index is 1.58. The zero-order chi connectivity index (χ0) is 30.0. The van der Waals surface area contributed by atoms with E-state index in [9.17, 15) is 13.2 Å². The molecule has 6 nitrogen and oxygen atoms in total. The Morgan fingerprint density at radius 3 is 2.27 bits per heavy atom. The van der Waals surface area contributed by atoms with Crippen molar-refractivity contribution >= 4 is 43.1 Å². The molecule has 0 saturated heterocycles. The van der Waals surface area contributed by atoms with Crippen LogP contribution in [0.5, 0.6) is 0 Å². The number of ether oxygens (including phenoxy) is 2. The van der Waals surface area contributed by atoms with Crippen LogP contribution in [0.15, 0.2) is 16.6 Å². The fraction of sp³-hybridized carbons (Fsp3) is 0.655. The fourth-order valence-electron chi connectivity index (χ4n) is 5.68. The van der Waals surface area contributed by atoms with Crippen LogP contribution >= 0.6 is 15.9 Å². The van der Waals surface area contributed by atoms with E-state index < -0.39 is 27.9 Å². The topological polar surface area (TPSA) is 54.1 Å². The third-order valence-corrected chi connectivity index (χ3v) is 12.4. The average Bonchev–Trinajstić information content (AvgIpc) is 3.19. The molecular formula is C29H42BrF3N4O2Si2. The molecule has 2 aliphatic rings. The van der Waals surface area contributed by atoms with E-state index in [-0.39, 0.29) is 17.7 Å². The summed E-state index contributed by atoms with van der Waals surface area (Å²) in [7, 11) is -2.58. The second-order valence-corrected chi connectivity index (χ2v) is 26.7. The highest BCUT2D eigenvalue weighted by molar-refractivity contribution is 9.10. The van der Waals surface area contributed by atoms with Crippen molar-refractivity contribution in [2.45, 2.75) is 97.2 Å². The maximum absolute atomic E-state index is 14.2. The molecule has 0 bridgehead atoms. The summed E-state index contributed by atoms with van der Waals surface area (Å²) in [5, 5.41) is 5.00. The number of rotatable bonds is 11. The molecular weight excluding hydrogens is 629 g/mol. The molecule has 2 aliphatic carbocycles. The molecule has 12 heteroatoms. The Hall–Kier alpha value is -1.48. The molecule has 0 radical (unpaired) electrons. The number of fused-ring (bicyclic) bond motifs is 3. The molecule has 0 aliphatic heterocycles. The lowest BCUT2D eigenvalue weighted by atomic mass is 9.87. The first kappa shape index (κ1) is 31.0. The van der Waals surface area contributed by atoms with Crippen molar-refractivity contribution in [2.75, 3.05) is 13.2 Å². The van der Waals surface area contributed by atoms with Crippen LogP contribution in [-0.2, 0) is 42.0 Å². The van der Waals surface area contributed by atoms with Crippen LogP contribution in [-0.4, -0.2) is 48.7 Å². The Kier molecular flexibility index (Phi) is 8.24. The summed E-state index contributed by atoms with van der Waals surface area (Å²) in [6.07, 6.45) is -1.65. The van der Waals surface area contributed by atoms with Crippen LogP contribution in [0, 0.1) is 11.3 Å². The van der Waals surface area contributed by atoms with E-state index in [1.165, 1.54) is 0 Å². The van der Waals surface area contributed by atoms with Gasteiger partial charge in [-0.1, -0.05) is 62.1 Å². The van der Waals surface area contributed by atoms with Crippen molar-refractivity contribution in [3.8, 4) is 11.5 Å². The number of imidazole rings is 1. The van der Waals surface area contributed by atoms with E-state index in [0.29, 0.717) is 47.4 Å². The predicted octanol–water partition coefficient (Wildman–Crippen LogP) is 8.43. The monoisotopic (exact) mass is 670 g/mol. The van der Waals surface area contributed by atoms with Gasteiger partial charge in [-0.3, -0.25) is 4.57 Å². The second-order valence-electron chi connectivity index (χ2n) is 14.6. The zero-order valence-electron chi connectivity index (χ0n) is 25.2. The fourth-order valence-corrected chi connectivity index (χ4v) is 7.64. The molecule has 2 atom stereocenters. The van der Waals surface area contributed by atoms with E-state index >= 15 is 0 Å². The Morgan fingerprint density at radius 2 is 1.66 bits per heavy atom. The van der Waals surface area contributed by atoms with Crippen molar-refractivity contribution in [3.63, 3.8) is 0 Å². The molecule has 2 heterocycles. The summed E-state index contributed by atoms with van der Waals surface area (Å²) in [5.41, 5.74) is 2.67. The van der Waals surface area contributed by atoms with Crippen LogP contribution in [0.2, 0.25) is 51.4 Å². The standard InChI is InChI=1S/C29H42BrF3N4O2Si2/c1-28-15-19(28)12-21-24(16-28)37(18-39-9-11-41(5,6)7)35-25(21)27-34-26-22(29(31,32)33)13-20(30)14-23(26)36(27)17-38-8-10-40(2,3)4/h13-14,19H,8-12,15-18H2,1-7H3/t19-,28-/m1/s1. The maximum Gasteiger partial charge on any atom is 0.418 e. The van der Waals surface area contributed by atoms with Crippen molar-refractivity contribution in [3.05, 3.63) is 33.4 Å². The van der Waals surface area contributed by atoms with E-state index in [2.05, 4.69) is 67.1 Å². The van der Waals surface area contributed by atoms with Gasteiger partial charge in [0.15, 0.2) is 5.82 Å². The van der Waals surface area contributed by atoms with Crippen LogP contribution in [0.4, 0.5) is 13.2 Å². The Bertz CT molecular complexity index is 1440. The van der Waals surface area contributed by atoms with Gasteiger partial charge in [-0.25, -0.2) is 9.67 Å². The molecule has 1 aromatic carbocycles. The number of hydrogen-bond acceptors (Lipinski definition) is 4. The van der Waals surface area contributed by atoms with Crippen LogP contribution in [0.1, 0.15) is 30.2 Å². The SMILES string of the molecule is C[C@@]12Cc3c(c(-c4nc5c(C(F)(F)F)cc(Br)cc5n4COCC[Si](C)(C)C)nn3COCC[Si](C)(C)C)C[C@@H]1C2. The minimum absolute atomic E-state index is 0.0775. The molecule has 0 unspecified atom stereocenters. The van der Waals surface area contributed by atoms with Crippen molar-refractivity contribution < 1.29 is 22.6 Å². The minimum Gasteiger partial charge on any atom is -0.361 e. The van der Waals surface area contributed by atoms with E-state index in [0.717, 1.165) is 48.7 Å². The lowest BCUT2D eigenvalue weighted by Crippen LogP contribution is -2.23. The molecule has 0 N–H and O–H groups in total. The van der Waals surface area contributed by atoms with Gasteiger partial charge in [0.25, 0.3) is 0 Å². The van der Waals surface area contributed by atoms with Gasteiger partial charge in [-0.15, -0.1) is 0 Å². The van der Waals surface area contributed by atoms with Crippen molar-refractivity contribution in [1.82, 2.24) is 19.3 Å². The van der Waals surface area contributed by atoms with Crippen LogP contribution in [0.3, 0.4) is 0 Å². The second kappa shape index (κ2) is 10.9. The molecule has 0 spiro atoms. The summed E-state index contributed by atoms with van der Waals surface area (Å²) in [6, 6.07) is 4.82. The molecule has 1 saturated carbocycles. The van der Waals surface area contributed by atoms with Crippen LogP contribution < -0.4 is 0 Å². The molecule has 0 amide bonds. The normalized spacial score (nSPS) is 20.9. The lowest BCUT2D eigenvalue weighted by Gasteiger charge is -2.20. The molecule has 1 fully saturated rings. The highest BCUT2D eigenvalue weighted by Crippen LogP contribution is 2.60. The molecule has 226 valence electrons. The number of alkyl halides is 3. The van der Waals surface area contributed by atoms with Gasteiger partial charge in [0, 0.05) is 45.1 Å². The summed E-state index contributed by atoms with van der Waals surface area (Å²) < 4.78 is 58.8. The van der Waals surface area contributed by atoms with E-state index in [1.807, 2.05) is 4.68 Å². The smallest absolute Gasteiger partial charge is 0.361 e. The maximum atomic E-state index is 14.2. The molecule has 3 aromatic rings. The highest BCUT2D eigenvalue weighted by atomic mass is 79.9. The molecule has 5 rings (SSSR count). The summed E-state index contributed by atoms with van der Waals surface area (Å²) in [6.45, 7) is 17.8. The Labute approximate surface area is 251 Å². The third-order valence-electron chi connectivity index (χ3n) is 8.49. The molecule has 41 heavy (non-hydrogen) atoms. The Morgan fingerprint density at radius 1 is 1.02 bits per heavy atom. The molecule has 2 aromatic heterocycles. The largest absolute Gasteiger partial charge is 0.418 e. The first-order valence-electron chi connectivity index (χ1n) is 14.5. The zero-order valence-corrected chi connectivity index (χ0v) is 28.8. The minimum atomic E-state index is -4.55. The number of benzene rings is 1. The number of nitrogens with zero attached hydrogens (tertiary/aromatic N) is 4. The number of halogens is 4. The first-order chi connectivity index (χ1) is 19.0. The van der Waals surface area contributed by atoms with Gasteiger partial charge in [-0.2, -0.15) is 18.3 Å². The first-order valence-corrected chi connectivity index (χ1v) is 22.7. The van der Waals surface area contributed by atoms with Gasteiger partial charge < -0.3 is 9.47 Å². The van der Waals surface area contributed by atoms with Gasteiger partial charge in [0.05, 0.1) is 11.1 Å². The summed E-state index contributed by atoms with van der Waals surface area (Å²) in [4.78, 5) is 4.66. The lowest BCUT2D eigenvalue weighted by molar-refractivity contribution is -0.136. The summed E-state index contributed by atoms with van der Waals surface area (Å²) >= 11 is 3.31. The summed E-state index contributed by atoms with van der Waals surface area (Å²) in [5.74, 6) is 0.989. The van der Waals surface area contributed by atoms with Crippen molar-refractivity contribution in [1.29, 1.82) is 0 Å². The van der Waals surface area contributed by atoms with Crippen LogP contribution in [0.25, 0.3) is 22.6 Å². The number of hydrogen-bond donors (Lipinski definition) is 0. The van der Waals surface area contributed by atoms with E-state index in [4.69, 9.17) is 14.6 Å². The van der Waals surface area contributed by atoms with Gasteiger partial charge in [0.2, 0.25) is 0 Å². The van der Waals surface area contributed by atoms with E-state index in [1.54, 1.807) is 10.6 Å². The quantitative estimate of drug-likeness (QED) is 0.152. The van der Waals surface area contributed by atoms with Crippen molar-refractivity contribution in [2.24, 2.45) is 11.3 Å².